The van der Waals surface area contributed by atoms with Crippen molar-refractivity contribution < 1.29 is 9.59 Å². The zero-order valence-corrected chi connectivity index (χ0v) is 18.6. The summed E-state index contributed by atoms with van der Waals surface area (Å²) < 4.78 is 0. The molecule has 0 aromatic heterocycles. The van der Waals surface area contributed by atoms with Crippen LogP contribution in [-0.2, 0) is 9.59 Å². The second-order valence-electron chi connectivity index (χ2n) is 7.54. The summed E-state index contributed by atoms with van der Waals surface area (Å²) in [5.41, 5.74) is 1.21. The summed E-state index contributed by atoms with van der Waals surface area (Å²) >= 11 is 0. The number of nitrogens with zero attached hydrogens (tertiary/aromatic N) is 2. The zero-order chi connectivity index (χ0) is 18.9. The molecule has 2 saturated heterocycles. The van der Waals surface area contributed by atoms with Gasteiger partial charge in [0, 0.05) is 51.3 Å². The molecule has 0 bridgehead atoms. The van der Waals surface area contributed by atoms with Crippen LogP contribution in [0.25, 0.3) is 0 Å². The van der Waals surface area contributed by atoms with Crippen LogP contribution in [-0.4, -0.2) is 62.5 Å². The predicted molar refractivity (Wildman–Crippen MR) is 122 cm³/mol. The summed E-state index contributed by atoms with van der Waals surface area (Å²) in [7, 11) is 0. The van der Waals surface area contributed by atoms with Gasteiger partial charge in [0.2, 0.25) is 11.8 Å². The number of amides is 2. The van der Waals surface area contributed by atoms with Crippen molar-refractivity contribution >= 4 is 42.3 Å². The highest BCUT2D eigenvalue weighted by Crippen LogP contribution is 2.18. The lowest BCUT2D eigenvalue weighted by molar-refractivity contribution is -0.131. The fraction of sp³-hybridized carbons (Fsp3) is 0.619. The molecule has 1 aromatic rings. The van der Waals surface area contributed by atoms with Crippen LogP contribution in [0.1, 0.15) is 32.1 Å². The van der Waals surface area contributed by atoms with Crippen LogP contribution in [0.4, 0.5) is 5.69 Å². The van der Waals surface area contributed by atoms with Crippen molar-refractivity contribution in [1.29, 1.82) is 0 Å². The number of hydrogen-bond donors (Lipinski definition) is 2. The first-order valence-electron chi connectivity index (χ1n) is 10.3. The third kappa shape index (κ3) is 8.41. The molecule has 164 valence electrons. The Hall–Kier alpha value is -1.50. The number of benzene rings is 1. The molecule has 6 nitrogen and oxygen atoms in total. The van der Waals surface area contributed by atoms with Crippen LogP contribution in [0.3, 0.4) is 0 Å². The second-order valence-corrected chi connectivity index (χ2v) is 7.54. The van der Waals surface area contributed by atoms with E-state index in [1.807, 2.05) is 23.1 Å². The molecular weight excluding hydrogens is 411 g/mol. The smallest absolute Gasteiger partial charge is 0.224 e. The van der Waals surface area contributed by atoms with Crippen molar-refractivity contribution in [1.82, 2.24) is 15.5 Å². The van der Waals surface area contributed by atoms with Gasteiger partial charge in [0.05, 0.1) is 0 Å². The molecule has 0 unspecified atom stereocenters. The number of nitrogens with one attached hydrogen (secondary N) is 2. The van der Waals surface area contributed by atoms with Gasteiger partial charge in [0.1, 0.15) is 0 Å². The molecule has 8 heteroatoms. The number of hydrogen-bond acceptors (Lipinski definition) is 4. The summed E-state index contributed by atoms with van der Waals surface area (Å²) in [6.07, 6.45) is 4.27. The molecule has 2 aliphatic rings. The highest BCUT2D eigenvalue weighted by Gasteiger charge is 2.21. The minimum atomic E-state index is 0. The molecule has 0 saturated carbocycles. The highest BCUT2D eigenvalue weighted by molar-refractivity contribution is 5.85. The van der Waals surface area contributed by atoms with Crippen LogP contribution < -0.4 is 15.5 Å². The van der Waals surface area contributed by atoms with Gasteiger partial charge in [0.15, 0.2) is 0 Å². The number of carbonyl (C=O) groups is 2. The molecule has 29 heavy (non-hydrogen) atoms. The van der Waals surface area contributed by atoms with E-state index in [1.54, 1.807) is 0 Å². The molecular formula is C21H34Cl2N4O2. The fourth-order valence-corrected chi connectivity index (χ4v) is 3.91. The maximum Gasteiger partial charge on any atom is 0.224 e. The average molecular weight is 445 g/mol. The largest absolute Gasteiger partial charge is 0.368 e. The van der Waals surface area contributed by atoms with Crippen molar-refractivity contribution in [2.24, 2.45) is 5.92 Å². The standard InChI is InChI=1S/C21H32N4O2.2ClH/c26-20(7-6-18-8-11-22-12-9-18)23-13-10-21(27)25-16-14-24(15-17-25)19-4-2-1-3-5-19;;/h1-5,18,22H,6-17H2,(H,23,26);2*1H. The first-order chi connectivity index (χ1) is 13.2. The third-order valence-electron chi connectivity index (χ3n) is 5.65. The Balaban J connectivity index is 0.00000210. The Morgan fingerprint density at radius 2 is 1.62 bits per heavy atom. The maximum atomic E-state index is 12.4. The van der Waals surface area contributed by atoms with Crippen LogP contribution in [0.15, 0.2) is 30.3 Å². The van der Waals surface area contributed by atoms with Crippen molar-refractivity contribution in [3.05, 3.63) is 30.3 Å². The molecule has 0 atom stereocenters. The molecule has 0 radical (unpaired) electrons. The molecule has 3 rings (SSSR count). The van der Waals surface area contributed by atoms with E-state index in [9.17, 15) is 9.59 Å². The number of anilines is 1. The Labute approximate surface area is 186 Å². The number of para-hydroxylation sites is 1. The van der Waals surface area contributed by atoms with Crippen LogP contribution >= 0.6 is 24.8 Å². The van der Waals surface area contributed by atoms with Gasteiger partial charge >= 0.3 is 0 Å². The molecule has 0 aliphatic carbocycles. The van der Waals surface area contributed by atoms with Crippen molar-refractivity contribution in [2.45, 2.75) is 32.1 Å². The van der Waals surface area contributed by atoms with E-state index in [0.717, 1.165) is 45.7 Å². The van der Waals surface area contributed by atoms with Gasteiger partial charge in [-0.1, -0.05) is 18.2 Å². The molecule has 2 aliphatic heterocycles. The lowest BCUT2D eigenvalue weighted by atomic mass is 9.93. The molecule has 1 aromatic carbocycles. The first-order valence-corrected chi connectivity index (χ1v) is 10.3. The SMILES string of the molecule is Cl.Cl.O=C(CCC1CCNCC1)NCCC(=O)N1CCN(c2ccccc2)CC1. The van der Waals surface area contributed by atoms with Gasteiger partial charge in [-0.05, 0) is 50.4 Å². The molecule has 0 spiro atoms. The van der Waals surface area contributed by atoms with Gasteiger partial charge in [-0.2, -0.15) is 0 Å². The van der Waals surface area contributed by atoms with E-state index in [4.69, 9.17) is 0 Å². The van der Waals surface area contributed by atoms with E-state index >= 15 is 0 Å². The number of carbonyl (C=O) groups excluding carboxylic acids is 2. The topological polar surface area (TPSA) is 64.7 Å². The second kappa shape index (κ2) is 13.7. The van der Waals surface area contributed by atoms with E-state index in [-0.39, 0.29) is 36.6 Å². The zero-order valence-electron chi connectivity index (χ0n) is 17.0. The summed E-state index contributed by atoms with van der Waals surface area (Å²) in [6, 6.07) is 10.3. The van der Waals surface area contributed by atoms with Crippen LogP contribution in [0.2, 0.25) is 0 Å². The van der Waals surface area contributed by atoms with Crippen LogP contribution in [0.5, 0.6) is 0 Å². The Morgan fingerprint density at radius 1 is 0.966 bits per heavy atom. The van der Waals surface area contributed by atoms with Gasteiger partial charge in [-0.25, -0.2) is 0 Å². The van der Waals surface area contributed by atoms with Crippen LogP contribution in [0, 0.1) is 5.92 Å². The van der Waals surface area contributed by atoms with E-state index < -0.39 is 0 Å². The number of piperidine rings is 1. The van der Waals surface area contributed by atoms with Gasteiger partial charge < -0.3 is 20.4 Å². The highest BCUT2D eigenvalue weighted by atomic mass is 35.5. The number of rotatable bonds is 7. The van der Waals surface area contributed by atoms with Gasteiger partial charge in [-0.3, -0.25) is 9.59 Å². The Bertz CT molecular complexity index is 604. The normalized spacial score (nSPS) is 17.1. The van der Waals surface area contributed by atoms with Crippen molar-refractivity contribution in [3.8, 4) is 0 Å². The lowest BCUT2D eigenvalue weighted by Gasteiger charge is -2.36. The average Bonchev–Trinajstić information content (AvgIpc) is 2.74. The third-order valence-corrected chi connectivity index (χ3v) is 5.65. The molecule has 2 heterocycles. The summed E-state index contributed by atoms with van der Waals surface area (Å²) in [5, 5.41) is 6.26. The summed E-state index contributed by atoms with van der Waals surface area (Å²) in [5.74, 6) is 0.885. The van der Waals surface area contributed by atoms with Crippen molar-refractivity contribution in [3.63, 3.8) is 0 Å². The molecule has 2 amide bonds. The number of halogens is 2. The molecule has 2 N–H and O–H groups in total. The Morgan fingerprint density at radius 3 is 2.28 bits per heavy atom. The quantitative estimate of drug-likeness (QED) is 0.677. The van der Waals surface area contributed by atoms with E-state index in [1.165, 1.54) is 18.5 Å². The summed E-state index contributed by atoms with van der Waals surface area (Å²) in [6.45, 7) is 5.80. The lowest BCUT2D eigenvalue weighted by Crippen LogP contribution is -2.49. The van der Waals surface area contributed by atoms with E-state index in [2.05, 4.69) is 27.7 Å². The molecule has 2 fully saturated rings. The van der Waals surface area contributed by atoms with E-state index in [0.29, 0.717) is 25.3 Å². The summed E-state index contributed by atoms with van der Waals surface area (Å²) in [4.78, 5) is 28.6. The maximum absolute atomic E-state index is 12.4. The predicted octanol–water partition coefficient (Wildman–Crippen LogP) is 2.46. The number of piperazine rings is 1. The van der Waals surface area contributed by atoms with Gasteiger partial charge in [0.25, 0.3) is 0 Å². The minimum absolute atomic E-state index is 0. The first kappa shape index (κ1) is 25.5. The minimum Gasteiger partial charge on any atom is -0.368 e. The Kier molecular flexibility index (Phi) is 12.0. The van der Waals surface area contributed by atoms with Gasteiger partial charge in [-0.15, -0.1) is 24.8 Å². The van der Waals surface area contributed by atoms with Crippen molar-refractivity contribution in [2.75, 3.05) is 50.7 Å². The monoisotopic (exact) mass is 444 g/mol. The fourth-order valence-electron chi connectivity index (χ4n) is 3.91.